The van der Waals surface area contributed by atoms with E-state index in [1.165, 1.54) is 12.1 Å². The molecule has 0 fully saturated rings. The van der Waals surface area contributed by atoms with Crippen LogP contribution in [0.3, 0.4) is 0 Å². The Morgan fingerprint density at radius 3 is 2.58 bits per heavy atom. The van der Waals surface area contributed by atoms with Crippen molar-refractivity contribution < 1.29 is 13.2 Å². The van der Waals surface area contributed by atoms with Crippen molar-refractivity contribution in [3.8, 4) is 6.07 Å². The molecule has 1 aromatic carbocycles. The second-order valence-corrected chi connectivity index (χ2v) is 6.90. The van der Waals surface area contributed by atoms with E-state index in [0.717, 1.165) is 10.6 Å². The Hall–Kier alpha value is -2.92. The first-order valence-electron chi connectivity index (χ1n) is 7.05. The molecule has 0 spiro atoms. The van der Waals surface area contributed by atoms with E-state index >= 15 is 0 Å². The Labute approximate surface area is 140 Å². The zero-order chi connectivity index (χ0) is 17.6. The molecule has 0 aliphatic carbocycles. The molecule has 0 bridgehead atoms. The zero-order valence-electron chi connectivity index (χ0n) is 13.0. The first-order valence-corrected chi connectivity index (χ1v) is 8.90. The number of sulfonamides is 1. The first kappa shape index (κ1) is 17.4. The minimum Gasteiger partial charge on any atom is -0.349 e. The maximum Gasteiger partial charge on any atom is 0.241 e. The summed E-state index contributed by atoms with van der Waals surface area (Å²) in [4.78, 5) is 16.2. The molecule has 2 rings (SSSR count). The molecule has 24 heavy (non-hydrogen) atoms. The number of amides is 1. The van der Waals surface area contributed by atoms with Gasteiger partial charge in [0.15, 0.2) is 0 Å². The predicted molar refractivity (Wildman–Crippen MR) is 89.4 cm³/mol. The molecule has 0 unspecified atom stereocenters. The highest BCUT2D eigenvalue weighted by Gasteiger charge is 2.23. The smallest absolute Gasteiger partial charge is 0.241 e. The molecular weight excluding hydrogens is 328 g/mol. The summed E-state index contributed by atoms with van der Waals surface area (Å²) in [6.45, 7) is -0.221. The maximum absolute atomic E-state index is 12.1. The van der Waals surface area contributed by atoms with Crippen molar-refractivity contribution in [2.45, 2.75) is 6.54 Å². The van der Waals surface area contributed by atoms with Crippen molar-refractivity contribution in [2.75, 3.05) is 17.1 Å². The first-order chi connectivity index (χ1) is 11.4. The van der Waals surface area contributed by atoms with Crippen molar-refractivity contribution in [3.05, 3.63) is 59.9 Å². The lowest BCUT2D eigenvalue weighted by Gasteiger charge is -2.22. The highest BCUT2D eigenvalue weighted by Crippen LogP contribution is 2.21. The van der Waals surface area contributed by atoms with Gasteiger partial charge < -0.3 is 5.32 Å². The van der Waals surface area contributed by atoms with Gasteiger partial charge in [-0.25, -0.2) is 8.42 Å². The number of hydrogen-bond acceptors (Lipinski definition) is 5. The molecule has 1 aromatic heterocycles. The Kier molecular flexibility index (Phi) is 5.50. The van der Waals surface area contributed by atoms with Crippen molar-refractivity contribution >= 4 is 21.6 Å². The van der Waals surface area contributed by atoms with Gasteiger partial charge in [-0.1, -0.05) is 18.2 Å². The van der Waals surface area contributed by atoms with Crippen LogP contribution in [0.2, 0.25) is 0 Å². The summed E-state index contributed by atoms with van der Waals surface area (Å²) in [5.74, 6) is -0.487. The highest BCUT2D eigenvalue weighted by molar-refractivity contribution is 7.92. The van der Waals surface area contributed by atoms with Crippen LogP contribution in [0.1, 0.15) is 11.3 Å². The van der Waals surface area contributed by atoms with Gasteiger partial charge in [0.05, 0.1) is 29.7 Å². The molecule has 1 amide bonds. The van der Waals surface area contributed by atoms with Crippen LogP contribution in [0.5, 0.6) is 0 Å². The Bertz CT molecular complexity index is 860. The average Bonchev–Trinajstić information content (AvgIpc) is 2.58. The second-order valence-electron chi connectivity index (χ2n) is 5.00. The van der Waals surface area contributed by atoms with E-state index in [0.29, 0.717) is 5.69 Å². The molecule has 0 saturated carbocycles. The van der Waals surface area contributed by atoms with E-state index in [4.69, 9.17) is 5.26 Å². The summed E-state index contributed by atoms with van der Waals surface area (Å²) in [7, 11) is -3.72. The summed E-state index contributed by atoms with van der Waals surface area (Å²) in [6.07, 6.45) is 2.60. The summed E-state index contributed by atoms with van der Waals surface area (Å²) in [6, 6.07) is 13.5. The summed E-state index contributed by atoms with van der Waals surface area (Å²) in [5.41, 5.74) is 1.02. The van der Waals surface area contributed by atoms with Crippen LogP contribution in [0, 0.1) is 11.3 Å². The number of carbonyl (C=O) groups excluding carboxylic acids is 1. The molecule has 1 heterocycles. The molecular formula is C16H16N4O3S. The van der Waals surface area contributed by atoms with Gasteiger partial charge in [0.2, 0.25) is 15.9 Å². The maximum atomic E-state index is 12.1. The second kappa shape index (κ2) is 7.57. The van der Waals surface area contributed by atoms with Crippen LogP contribution in [-0.2, 0) is 21.4 Å². The van der Waals surface area contributed by atoms with E-state index in [2.05, 4.69) is 10.3 Å². The highest BCUT2D eigenvalue weighted by atomic mass is 32.2. The van der Waals surface area contributed by atoms with Crippen molar-refractivity contribution in [3.63, 3.8) is 0 Å². The van der Waals surface area contributed by atoms with Gasteiger partial charge in [-0.15, -0.1) is 0 Å². The summed E-state index contributed by atoms with van der Waals surface area (Å²) in [5, 5.41) is 11.8. The molecule has 0 saturated heterocycles. The number of pyridine rings is 1. The van der Waals surface area contributed by atoms with E-state index in [1.54, 1.807) is 36.5 Å². The third kappa shape index (κ3) is 4.54. The van der Waals surface area contributed by atoms with Gasteiger partial charge in [-0.3, -0.25) is 14.1 Å². The number of anilines is 1. The lowest BCUT2D eigenvalue weighted by molar-refractivity contribution is -0.119. The number of nitrogens with one attached hydrogen (secondary N) is 1. The van der Waals surface area contributed by atoms with Gasteiger partial charge in [-0.2, -0.15) is 5.26 Å². The standard InChI is InChI=1S/C16H16N4O3S/c1-24(22,23)20(15-8-3-2-6-13(15)10-17)12-16(21)19-11-14-7-4-5-9-18-14/h2-9H,11-12H2,1H3,(H,19,21). The zero-order valence-corrected chi connectivity index (χ0v) is 13.8. The number of rotatable bonds is 6. The van der Waals surface area contributed by atoms with Crippen molar-refractivity contribution in [2.24, 2.45) is 0 Å². The number of benzene rings is 1. The number of carbonyl (C=O) groups is 1. The van der Waals surface area contributed by atoms with Crippen LogP contribution in [0.4, 0.5) is 5.69 Å². The fourth-order valence-corrected chi connectivity index (χ4v) is 2.91. The summed E-state index contributed by atoms with van der Waals surface area (Å²) >= 11 is 0. The Morgan fingerprint density at radius 1 is 1.25 bits per heavy atom. The van der Waals surface area contributed by atoms with Gasteiger partial charge in [0.25, 0.3) is 0 Å². The van der Waals surface area contributed by atoms with Crippen LogP contribution in [0.25, 0.3) is 0 Å². The molecule has 8 heteroatoms. The molecule has 2 aromatic rings. The minimum atomic E-state index is -3.72. The largest absolute Gasteiger partial charge is 0.349 e. The summed E-state index contributed by atoms with van der Waals surface area (Å²) < 4.78 is 25.0. The van der Waals surface area contributed by atoms with Crippen LogP contribution >= 0.6 is 0 Å². The van der Waals surface area contributed by atoms with Crippen LogP contribution in [0.15, 0.2) is 48.7 Å². The molecule has 1 N–H and O–H groups in total. The van der Waals surface area contributed by atoms with E-state index in [1.807, 2.05) is 6.07 Å². The lowest BCUT2D eigenvalue weighted by Crippen LogP contribution is -2.40. The van der Waals surface area contributed by atoms with Crippen LogP contribution in [-0.4, -0.2) is 32.1 Å². The lowest BCUT2D eigenvalue weighted by atomic mass is 10.2. The van der Waals surface area contributed by atoms with Crippen molar-refractivity contribution in [1.29, 1.82) is 5.26 Å². The number of nitrogens with zero attached hydrogens (tertiary/aromatic N) is 3. The van der Waals surface area contributed by atoms with Gasteiger partial charge in [-0.05, 0) is 24.3 Å². The fraction of sp³-hybridized carbons (Fsp3) is 0.188. The molecule has 0 radical (unpaired) electrons. The molecule has 7 nitrogen and oxygen atoms in total. The third-order valence-corrected chi connectivity index (χ3v) is 4.30. The van der Waals surface area contributed by atoms with E-state index in [-0.39, 0.29) is 17.8 Å². The van der Waals surface area contributed by atoms with Gasteiger partial charge >= 0.3 is 0 Å². The molecule has 0 atom stereocenters. The van der Waals surface area contributed by atoms with Crippen molar-refractivity contribution in [1.82, 2.24) is 10.3 Å². The SMILES string of the molecule is CS(=O)(=O)N(CC(=O)NCc1ccccn1)c1ccccc1C#N. The number of hydrogen-bond donors (Lipinski definition) is 1. The molecule has 124 valence electrons. The monoisotopic (exact) mass is 344 g/mol. The Balaban J connectivity index is 2.15. The van der Waals surface area contributed by atoms with Gasteiger partial charge in [0.1, 0.15) is 12.6 Å². The number of nitriles is 1. The quantitative estimate of drug-likeness (QED) is 0.843. The van der Waals surface area contributed by atoms with Crippen LogP contribution < -0.4 is 9.62 Å². The molecule has 0 aliphatic rings. The van der Waals surface area contributed by atoms with E-state index in [9.17, 15) is 13.2 Å². The predicted octanol–water partition coefficient (Wildman–Crippen LogP) is 1.04. The normalized spacial score (nSPS) is 10.7. The van der Waals surface area contributed by atoms with Gasteiger partial charge in [0, 0.05) is 6.20 Å². The average molecular weight is 344 g/mol. The number of aromatic nitrogens is 1. The topological polar surface area (TPSA) is 103 Å². The molecule has 0 aliphatic heterocycles. The third-order valence-electron chi connectivity index (χ3n) is 3.17. The van der Waals surface area contributed by atoms with E-state index < -0.39 is 22.5 Å². The number of para-hydroxylation sites is 1. The minimum absolute atomic E-state index is 0.176. The Morgan fingerprint density at radius 2 is 1.96 bits per heavy atom. The fourth-order valence-electron chi connectivity index (χ4n) is 2.04.